The molecule has 0 bridgehead atoms. The van der Waals surface area contributed by atoms with Crippen LogP contribution >= 0.6 is 15.9 Å². The lowest BCUT2D eigenvalue weighted by Crippen LogP contribution is -2.28. The summed E-state index contributed by atoms with van der Waals surface area (Å²) in [6.07, 6.45) is 3.14. The molecule has 0 saturated heterocycles. The zero-order valence-corrected chi connectivity index (χ0v) is 12.1. The SMILES string of the molecule is CCn1cc(Br)c(C(=O)N(C)c2ncccc2F)n1. The second-order valence-corrected chi connectivity index (χ2v) is 4.71. The largest absolute Gasteiger partial charge is 0.292 e. The Kier molecular flexibility index (Phi) is 3.94. The Morgan fingerprint density at radius 3 is 2.89 bits per heavy atom. The van der Waals surface area contributed by atoms with Gasteiger partial charge in [0.15, 0.2) is 17.3 Å². The minimum absolute atomic E-state index is 0.0227. The molecule has 0 aliphatic rings. The van der Waals surface area contributed by atoms with E-state index in [9.17, 15) is 9.18 Å². The highest BCUT2D eigenvalue weighted by atomic mass is 79.9. The Labute approximate surface area is 118 Å². The predicted octanol–water partition coefficient (Wildman–Crippen LogP) is 2.48. The third kappa shape index (κ3) is 2.65. The number of carbonyl (C=O) groups excluding carboxylic acids is 1. The highest BCUT2D eigenvalue weighted by Crippen LogP contribution is 2.20. The van der Waals surface area contributed by atoms with Crippen LogP contribution in [0.2, 0.25) is 0 Å². The number of anilines is 1. The van der Waals surface area contributed by atoms with Crippen molar-refractivity contribution in [1.82, 2.24) is 14.8 Å². The lowest BCUT2D eigenvalue weighted by Gasteiger charge is -2.15. The molecule has 19 heavy (non-hydrogen) atoms. The third-order valence-corrected chi connectivity index (χ3v) is 3.19. The second kappa shape index (κ2) is 5.48. The molecule has 0 aromatic carbocycles. The molecule has 100 valence electrons. The summed E-state index contributed by atoms with van der Waals surface area (Å²) in [5.41, 5.74) is 0.231. The van der Waals surface area contributed by atoms with Gasteiger partial charge in [-0.1, -0.05) is 0 Å². The normalized spacial score (nSPS) is 10.5. The Morgan fingerprint density at radius 1 is 1.58 bits per heavy atom. The van der Waals surface area contributed by atoms with E-state index in [2.05, 4.69) is 26.0 Å². The smallest absolute Gasteiger partial charge is 0.280 e. The zero-order valence-electron chi connectivity index (χ0n) is 10.5. The van der Waals surface area contributed by atoms with Crippen molar-refractivity contribution in [2.45, 2.75) is 13.5 Å². The molecular formula is C12H12BrFN4O. The molecule has 1 amide bonds. The average molecular weight is 327 g/mol. The summed E-state index contributed by atoms with van der Waals surface area (Å²) in [5, 5.41) is 4.13. The number of hydrogen-bond donors (Lipinski definition) is 0. The highest BCUT2D eigenvalue weighted by molar-refractivity contribution is 9.10. The van der Waals surface area contributed by atoms with E-state index in [1.807, 2.05) is 6.92 Å². The van der Waals surface area contributed by atoms with E-state index in [4.69, 9.17) is 0 Å². The number of aromatic nitrogens is 3. The second-order valence-electron chi connectivity index (χ2n) is 3.85. The van der Waals surface area contributed by atoms with Gasteiger partial charge in [0.2, 0.25) is 0 Å². The molecule has 0 unspecified atom stereocenters. The fourth-order valence-electron chi connectivity index (χ4n) is 1.58. The number of halogens is 2. The quantitative estimate of drug-likeness (QED) is 0.870. The first kappa shape index (κ1) is 13.7. The van der Waals surface area contributed by atoms with Gasteiger partial charge in [-0.25, -0.2) is 9.37 Å². The summed E-state index contributed by atoms with van der Waals surface area (Å²) in [6.45, 7) is 2.56. The van der Waals surface area contributed by atoms with E-state index in [1.54, 1.807) is 10.9 Å². The van der Waals surface area contributed by atoms with Gasteiger partial charge >= 0.3 is 0 Å². The van der Waals surface area contributed by atoms with E-state index in [0.717, 1.165) is 4.90 Å². The number of pyridine rings is 1. The Balaban J connectivity index is 2.33. The fraction of sp³-hybridized carbons (Fsp3) is 0.250. The Bertz CT molecular complexity index is 614. The molecule has 2 heterocycles. The maximum atomic E-state index is 13.6. The van der Waals surface area contributed by atoms with Crippen LogP contribution in [0.25, 0.3) is 0 Å². The molecular weight excluding hydrogens is 315 g/mol. The summed E-state index contributed by atoms with van der Waals surface area (Å²) in [6, 6.07) is 2.73. The van der Waals surface area contributed by atoms with Crippen LogP contribution in [0.15, 0.2) is 29.0 Å². The molecule has 0 radical (unpaired) electrons. The molecule has 2 rings (SSSR count). The predicted molar refractivity (Wildman–Crippen MR) is 72.5 cm³/mol. The minimum Gasteiger partial charge on any atom is -0.292 e. The van der Waals surface area contributed by atoms with E-state index < -0.39 is 11.7 Å². The van der Waals surface area contributed by atoms with Crippen LogP contribution in [-0.2, 0) is 6.54 Å². The highest BCUT2D eigenvalue weighted by Gasteiger charge is 2.22. The van der Waals surface area contributed by atoms with Crippen molar-refractivity contribution in [3.05, 3.63) is 40.5 Å². The maximum Gasteiger partial charge on any atom is 0.280 e. The van der Waals surface area contributed by atoms with Crippen LogP contribution in [-0.4, -0.2) is 27.7 Å². The summed E-state index contributed by atoms with van der Waals surface area (Å²) >= 11 is 3.27. The molecule has 0 aliphatic heterocycles. The van der Waals surface area contributed by atoms with E-state index >= 15 is 0 Å². The van der Waals surface area contributed by atoms with Crippen molar-refractivity contribution in [2.24, 2.45) is 0 Å². The van der Waals surface area contributed by atoms with Crippen LogP contribution < -0.4 is 4.90 Å². The standard InChI is InChI=1S/C12H12BrFN4O/c1-3-18-7-8(13)10(16-18)12(19)17(2)11-9(14)5-4-6-15-11/h4-7H,3H2,1-2H3. The number of carbonyl (C=O) groups is 1. The van der Waals surface area contributed by atoms with E-state index in [-0.39, 0.29) is 11.5 Å². The monoisotopic (exact) mass is 326 g/mol. The zero-order chi connectivity index (χ0) is 14.0. The molecule has 0 spiro atoms. The number of rotatable bonds is 3. The Hall–Kier alpha value is -1.76. The van der Waals surface area contributed by atoms with Gasteiger partial charge in [-0.15, -0.1) is 0 Å². The number of nitrogens with zero attached hydrogens (tertiary/aromatic N) is 4. The van der Waals surface area contributed by atoms with Crippen molar-refractivity contribution >= 4 is 27.7 Å². The molecule has 0 atom stereocenters. The number of aryl methyl sites for hydroxylation is 1. The lowest BCUT2D eigenvalue weighted by molar-refractivity contribution is 0.0985. The van der Waals surface area contributed by atoms with Crippen molar-refractivity contribution in [3.8, 4) is 0 Å². The van der Waals surface area contributed by atoms with Gasteiger partial charge in [0, 0.05) is 26.0 Å². The van der Waals surface area contributed by atoms with Crippen molar-refractivity contribution in [2.75, 3.05) is 11.9 Å². The van der Waals surface area contributed by atoms with E-state index in [1.165, 1.54) is 25.4 Å². The summed E-state index contributed by atoms with van der Waals surface area (Å²) in [7, 11) is 1.46. The maximum absolute atomic E-state index is 13.6. The fourth-order valence-corrected chi connectivity index (χ4v) is 2.07. The van der Waals surface area contributed by atoms with Gasteiger partial charge in [-0.2, -0.15) is 5.10 Å². The first-order valence-corrected chi connectivity index (χ1v) is 6.45. The van der Waals surface area contributed by atoms with Crippen LogP contribution in [0, 0.1) is 5.82 Å². The van der Waals surface area contributed by atoms with Crippen LogP contribution in [0.3, 0.4) is 0 Å². The van der Waals surface area contributed by atoms with Crippen molar-refractivity contribution in [1.29, 1.82) is 0 Å². The van der Waals surface area contributed by atoms with Gasteiger partial charge in [-0.3, -0.25) is 14.4 Å². The van der Waals surface area contributed by atoms with Gasteiger partial charge in [0.05, 0.1) is 4.47 Å². The van der Waals surface area contributed by atoms with Gasteiger partial charge in [-0.05, 0) is 35.0 Å². The first-order valence-electron chi connectivity index (χ1n) is 5.66. The van der Waals surface area contributed by atoms with Crippen molar-refractivity contribution < 1.29 is 9.18 Å². The van der Waals surface area contributed by atoms with Crippen LogP contribution in [0.4, 0.5) is 10.2 Å². The lowest BCUT2D eigenvalue weighted by atomic mass is 10.3. The summed E-state index contributed by atoms with van der Waals surface area (Å²) in [5.74, 6) is -0.994. The van der Waals surface area contributed by atoms with Crippen LogP contribution in [0.5, 0.6) is 0 Å². The minimum atomic E-state index is -0.551. The Morgan fingerprint density at radius 2 is 2.32 bits per heavy atom. The molecule has 5 nitrogen and oxygen atoms in total. The first-order chi connectivity index (χ1) is 9.04. The van der Waals surface area contributed by atoms with Crippen LogP contribution in [0.1, 0.15) is 17.4 Å². The number of amides is 1. The molecule has 0 aliphatic carbocycles. The topological polar surface area (TPSA) is 51.0 Å². The number of hydrogen-bond acceptors (Lipinski definition) is 3. The molecule has 7 heteroatoms. The molecule has 0 fully saturated rings. The summed E-state index contributed by atoms with van der Waals surface area (Å²) < 4.78 is 15.8. The molecule has 0 saturated carbocycles. The summed E-state index contributed by atoms with van der Waals surface area (Å²) in [4.78, 5) is 17.3. The van der Waals surface area contributed by atoms with Gasteiger partial charge in [0.1, 0.15) is 0 Å². The van der Waals surface area contributed by atoms with Crippen molar-refractivity contribution in [3.63, 3.8) is 0 Å². The van der Waals surface area contributed by atoms with Gasteiger partial charge < -0.3 is 0 Å². The molecule has 2 aromatic heterocycles. The molecule has 2 aromatic rings. The third-order valence-electron chi connectivity index (χ3n) is 2.61. The van der Waals surface area contributed by atoms with E-state index in [0.29, 0.717) is 11.0 Å². The van der Waals surface area contributed by atoms with Gasteiger partial charge in [0.25, 0.3) is 5.91 Å². The molecule has 0 N–H and O–H groups in total. The average Bonchev–Trinajstić information content (AvgIpc) is 2.79.